The molecule has 0 radical (unpaired) electrons. The average Bonchev–Trinajstić information content (AvgIpc) is 3.68. The van der Waals surface area contributed by atoms with Crippen LogP contribution in [0.1, 0.15) is 75.4 Å². The second-order valence-electron chi connectivity index (χ2n) is 12.5. The Bertz CT molecular complexity index is 1610. The van der Waals surface area contributed by atoms with Gasteiger partial charge in [-0.15, -0.1) is 5.10 Å². The third kappa shape index (κ3) is 6.19. The number of hydrogen-bond donors (Lipinski definition) is 2. The van der Waals surface area contributed by atoms with E-state index >= 15 is 0 Å². The second-order valence-corrected chi connectivity index (χ2v) is 13.3. The van der Waals surface area contributed by atoms with Gasteiger partial charge >= 0.3 is 0 Å². The predicted octanol–water partition coefficient (Wildman–Crippen LogP) is 7.46. The fourth-order valence-corrected chi connectivity index (χ4v) is 6.13. The molecule has 6 rings (SSSR count). The van der Waals surface area contributed by atoms with Gasteiger partial charge in [-0.2, -0.15) is 5.26 Å². The van der Waals surface area contributed by atoms with Crippen molar-refractivity contribution in [3.05, 3.63) is 75.7 Å². The molecule has 1 aliphatic heterocycles. The first-order chi connectivity index (χ1) is 20.2. The molecule has 218 valence electrons. The number of hydrogen-bond acceptors (Lipinski definition) is 7. The van der Waals surface area contributed by atoms with Crippen molar-refractivity contribution in [2.24, 2.45) is 5.92 Å². The molecule has 2 aromatic heterocycles. The first-order valence-corrected chi connectivity index (χ1v) is 15.4. The number of pyridine rings is 1. The van der Waals surface area contributed by atoms with Gasteiger partial charge in [0, 0.05) is 47.5 Å². The van der Waals surface area contributed by atoms with Gasteiger partial charge in [-0.05, 0) is 82.2 Å². The van der Waals surface area contributed by atoms with Crippen LogP contribution in [0.5, 0.6) is 0 Å². The highest BCUT2D eigenvalue weighted by atomic mass is 35.5. The summed E-state index contributed by atoms with van der Waals surface area (Å²) in [5.74, 6) is 0.647. The van der Waals surface area contributed by atoms with Crippen LogP contribution in [0.15, 0.2) is 48.8 Å². The molecular weight excluding hydrogens is 567 g/mol. The monoisotopic (exact) mass is 602 g/mol. The zero-order valence-corrected chi connectivity index (χ0v) is 25.8. The number of anilines is 2. The fraction of sp³-hybridized carbons (Fsp3) is 0.438. The molecule has 3 heterocycles. The van der Waals surface area contributed by atoms with Crippen LogP contribution in [-0.4, -0.2) is 50.1 Å². The number of piperidine rings is 1. The molecule has 8 nitrogen and oxygen atoms in total. The number of aromatic nitrogens is 4. The minimum Gasteiger partial charge on any atom is -0.383 e. The highest BCUT2D eigenvalue weighted by molar-refractivity contribution is 6.36. The van der Waals surface area contributed by atoms with E-state index in [1.165, 1.54) is 12.8 Å². The Morgan fingerprint density at radius 3 is 2.48 bits per heavy atom. The average molecular weight is 604 g/mol. The maximum absolute atomic E-state index is 9.82. The summed E-state index contributed by atoms with van der Waals surface area (Å²) in [6.45, 7) is 9.71. The number of halogens is 2. The molecule has 4 aromatic rings. The summed E-state index contributed by atoms with van der Waals surface area (Å²) in [6.07, 6.45) is 8.14. The Labute approximate surface area is 257 Å². The first-order valence-electron chi connectivity index (χ1n) is 14.6. The Balaban J connectivity index is 1.32. The quantitative estimate of drug-likeness (QED) is 0.216. The van der Waals surface area contributed by atoms with Crippen molar-refractivity contribution in [1.82, 2.24) is 24.9 Å². The summed E-state index contributed by atoms with van der Waals surface area (Å²) in [4.78, 5) is 7.04. The molecule has 0 spiro atoms. The smallest absolute Gasteiger partial charge is 0.109 e. The van der Waals surface area contributed by atoms with Crippen LogP contribution >= 0.6 is 23.2 Å². The maximum Gasteiger partial charge on any atom is 0.109 e. The molecule has 2 aliphatic rings. The summed E-state index contributed by atoms with van der Waals surface area (Å²) in [5.41, 5.74) is 4.72. The van der Waals surface area contributed by atoms with Crippen LogP contribution in [0.25, 0.3) is 10.9 Å². The third-order valence-electron chi connectivity index (χ3n) is 8.44. The molecule has 1 saturated heterocycles. The number of benzene rings is 2. The Morgan fingerprint density at radius 2 is 1.81 bits per heavy atom. The molecule has 1 aliphatic carbocycles. The summed E-state index contributed by atoms with van der Waals surface area (Å²) in [7, 11) is 0. The summed E-state index contributed by atoms with van der Waals surface area (Å²) >= 11 is 13.0. The Kier molecular flexibility index (Phi) is 8.01. The Morgan fingerprint density at radius 1 is 1.07 bits per heavy atom. The van der Waals surface area contributed by atoms with E-state index < -0.39 is 0 Å². The number of nitrogens with one attached hydrogen (secondary N) is 2. The number of nitrogens with zero attached hydrogens (tertiary/aromatic N) is 6. The van der Waals surface area contributed by atoms with Crippen molar-refractivity contribution < 1.29 is 0 Å². The van der Waals surface area contributed by atoms with Gasteiger partial charge in [0.2, 0.25) is 0 Å². The van der Waals surface area contributed by atoms with E-state index in [4.69, 9.17) is 23.2 Å². The van der Waals surface area contributed by atoms with Crippen LogP contribution in [0.3, 0.4) is 0 Å². The van der Waals surface area contributed by atoms with Crippen molar-refractivity contribution in [1.29, 1.82) is 5.26 Å². The van der Waals surface area contributed by atoms with Gasteiger partial charge < -0.3 is 10.6 Å². The topological polar surface area (TPSA) is 94.7 Å². The minimum atomic E-state index is -0.297. The molecule has 0 bridgehead atoms. The van der Waals surface area contributed by atoms with E-state index in [0.717, 1.165) is 60.5 Å². The van der Waals surface area contributed by atoms with Gasteiger partial charge in [-0.1, -0.05) is 40.5 Å². The second kappa shape index (κ2) is 11.7. The molecule has 2 N–H and O–H groups in total. The fourth-order valence-electron chi connectivity index (χ4n) is 5.74. The Hall–Kier alpha value is -3.38. The van der Waals surface area contributed by atoms with Gasteiger partial charge in [0.05, 0.1) is 40.1 Å². The molecule has 2 aromatic carbocycles. The first kappa shape index (κ1) is 28.7. The summed E-state index contributed by atoms with van der Waals surface area (Å²) in [5, 5.41) is 28.2. The van der Waals surface area contributed by atoms with E-state index in [9.17, 15) is 5.26 Å². The van der Waals surface area contributed by atoms with Gasteiger partial charge in [0.15, 0.2) is 0 Å². The minimum absolute atomic E-state index is 0.167. The van der Waals surface area contributed by atoms with E-state index in [1.54, 1.807) is 6.20 Å². The van der Waals surface area contributed by atoms with Crippen molar-refractivity contribution in [3.63, 3.8) is 0 Å². The molecular formula is C32H36Cl2N8. The van der Waals surface area contributed by atoms with Gasteiger partial charge in [0.1, 0.15) is 11.8 Å². The SMILES string of the molecule is CC(C)(C)N1CCC(n2cc(C(Nc3cc(Cl)c4ncc(C#N)c(NCC5CC5)c4c3)c3ccc(Cl)cc3)nn2)CC1. The van der Waals surface area contributed by atoms with Crippen molar-refractivity contribution >= 4 is 45.5 Å². The lowest BCUT2D eigenvalue weighted by Gasteiger charge is -2.40. The molecule has 0 amide bonds. The normalized spacial score (nSPS) is 17.2. The summed E-state index contributed by atoms with van der Waals surface area (Å²) in [6, 6.07) is 14.0. The van der Waals surface area contributed by atoms with Gasteiger partial charge in [-0.3, -0.25) is 9.88 Å². The van der Waals surface area contributed by atoms with E-state index in [2.05, 4.69) is 63.9 Å². The number of fused-ring (bicyclic) bond motifs is 1. The lowest BCUT2D eigenvalue weighted by atomic mass is 9.98. The molecule has 2 fully saturated rings. The van der Waals surface area contributed by atoms with Crippen LogP contribution in [-0.2, 0) is 0 Å². The van der Waals surface area contributed by atoms with Crippen molar-refractivity contribution in [2.75, 3.05) is 30.3 Å². The van der Waals surface area contributed by atoms with Crippen LogP contribution in [0, 0.1) is 17.2 Å². The van der Waals surface area contributed by atoms with Gasteiger partial charge in [0.25, 0.3) is 0 Å². The van der Waals surface area contributed by atoms with Crippen LogP contribution in [0.4, 0.5) is 11.4 Å². The number of nitriles is 1. The summed E-state index contributed by atoms with van der Waals surface area (Å²) < 4.78 is 2.02. The predicted molar refractivity (Wildman–Crippen MR) is 169 cm³/mol. The van der Waals surface area contributed by atoms with Crippen LogP contribution < -0.4 is 10.6 Å². The number of rotatable bonds is 8. The maximum atomic E-state index is 9.82. The molecule has 42 heavy (non-hydrogen) atoms. The molecule has 1 unspecified atom stereocenters. The standard InChI is InChI=1S/C32H36Cl2N8/c1-32(2,3)41-12-10-25(11-13-41)42-19-28(39-40-42)30(21-6-8-23(33)9-7-21)38-24-14-26-29(36-17-20-4-5-20)22(16-35)18-37-31(26)27(34)15-24/h6-9,14-15,18-20,25,30,38H,4-5,10-13,17H2,1-3H3,(H,36,37). The largest absolute Gasteiger partial charge is 0.383 e. The van der Waals surface area contributed by atoms with E-state index in [1.807, 2.05) is 41.1 Å². The van der Waals surface area contributed by atoms with Crippen LogP contribution in [0.2, 0.25) is 10.0 Å². The molecule has 1 atom stereocenters. The third-order valence-corrected chi connectivity index (χ3v) is 8.98. The molecule has 10 heteroatoms. The van der Waals surface area contributed by atoms with Crippen molar-refractivity contribution in [2.45, 2.75) is 64.1 Å². The lowest BCUT2D eigenvalue weighted by molar-refractivity contribution is 0.0866. The van der Waals surface area contributed by atoms with E-state index in [0.29, 0.717) is 33.1 Å². The zero-order valence-electron chi connectivity index (χ0n) is 24.2. The van der Waals surface area contributed by atoms with E-state index in [-0.39, 0.29) is 11.6 Å². The highest BCUT2D eigenvalue weighted by Crippen LogP contribution is 2.37. The lowest BCUT2D eigenvalue weighted by Crippen LogP contribution is -2.46. The zero-order chi connectivity index (χ0) is 29.4. The molecule has 1 saturated carbocycles. The van der Waals surface area contributed by atoms with Crippen molar-refractivity contribution in [3.8, 4) is 6.07 Å². The highest BCUT2D eigenvalue weighted by Gasteiger charge is 2.29. The number of likely N-dealkylation sites (tertiary alicyclic amines) is 1. The van der Waals surface area contributed by atoms with Gasteiger partial charge in [-0.25, -0.2) is 4.68 Å².